The zero-order valence-electron chi connectivity index (χ0n) is 12.9. The fraction of sp³-hybridized carbons (Fsp3) is 0.267. The summed E-state index contributed by atoms with van der Waals surface area (Å²) in [5, 5.41) is 8.07. The van der Waals surface area contributed by atoms with E-state index in [0.29, 0.717) is 23.8 Å². The van der Waals surface area contributed by atoms with Crippen LogP contribution < -0.4 is 10.1 Å². The summed E-state index contributed by atoms with van der Waals surface area (Å²) in [6, 6.07) is 6.69. The number of fused-ring (bicyclic) bond motifs is 2. The molecule has 3 heterocycles. The number of hydrogen-bond donors (Lipinski definition) is 1. The number of anilines is 1. The maximum absolute atomic E-state index is 12.4. The third-order valence-electron chi connectivity index (χ3n) is 3.91. The summed E-state index contributed by atoms with van der Waals surface area (Å²) in [5.41, 5.74) is 0.704. The van der Waals surface area contributed by atoms with E-state index in [1.165, 1.54) is 6.33 Å². The van der Waals surface area contributed by atoms with Gasteiger partial charge in [-0.15, -0.1) is 0 Å². The van der Waals surface area contributed by atoms with Gasteiger partial charge in [0.2, 0.25) is 0 Å². The molecule has 0 spiro atoms. The molecule has 1 aromatic carbocycles. The third-order valence-corrected chi connectivity index (χ3v) is 5.73. The predicted molar refractivity (Wildman–Crippen MR) is 87.7 cm³/mol. The maximum Gasteiger partial charge on any atom is 0.185 e. The molecule has 0 bridgehead atoms. The Morgan fingerprint density at radius 3 is 3.04 bits per heavy atom. The van der Waals surface area contributed by atoms with E-state index in [4.69, 9.17) is 4.74 Å². The van der Waals surface area contributed by atoms with Gasteiger partial charge in [0, 0.05) is 7.05 Å². The topological polar surface area (TPSA) is 99.0 Å². The summed E-state index contributed by atoms with van der Waals surface area (Å²) >= 11 is 0. The minimum Gasteiger partial charge on any atom is -0.486 e. The predicted octanol–water partition coefficient (Wildman–Crippen LogP) is 1.01. The van der Waals surface area contributed by atoms with Crippen LogP contribution in [-0.2, 0) is 16.9 Å². The van der Waals surface area contributed by atoms with Gasteiger partial charge in [-0.1, -0.05) is 12.1 Å². The Hall–Kier alpha value is -2.68. The SMILES string of the molecule is Cn1ncc2c(NCC3CS(=O)(=O)c4ccccc4O3)ncnc21. The van der Waals surface area contributed by atoms with Crippen LogP contribution in [0.25, 0.3) is 11.0 Å². The van der Waals surface area contributed by atoms with Crippen molar-refractivity contribution >= 4 is 26.7 Å². The van der Waals surface area contributed by atoms with Gasteiger partial charge in [0.05, 0.1) is 23.9 Å². The van der Waals surface area contributed by atoms with Crippen LogP contribution in [0.5, 0.6) is 5.75 Å². The van der Waals surface area contributed by atoms with Crippen LogP contribution in [-0.4, -0.2) is 46.6 Å². The second-order valence-electron chi connectivity index (χ2n) is 5.58. The summed E-state index contributed by atoms with van der Waals surface area (Å²) in [4.78, 5) is 8.62. The molecule has 1 N–H and O–H groups in total. The molecule has 1 unspecified atom stereocenters. The molecule has 2 aromatic heterocycles. The highest BCUT2D eigenvalue weighted by atomic mass is 32.2. The summed E-state index contributed by atoms with van der Waals surface area (Å²) in [6.45, 7) is 0.314. The number of aromatic nitrogens is 4. The Bertz CT molecular complexity index is 1010. The number of para-hydroxylation sites is 1. The van der Waals surface area contributed by atoms with E-state index in [-0.39, 0.29) is 10.6 Å². The van der Waals surface area contributed by atoms with Crippen LogP contribution in [0.15, 0.2) is 41.7 Å². The van der Waals surface area contributed by atoms with Crippen LogP contribution in [0.4, 0.5) is 5.82 Å². The first-order chi connectivity index (χ1) is 11.5. The Morgan fingerprint density at radius 2 is 2.17 bits per heavy atom. The van der Waals surface area contributed by atoms with Crippen molar-refractivity contribution in [1.29, 1.82) is 0 Å². The molecule has 0 fully saturated rings. The van der Waals surface area contributed by atoms with Gasteiger partial charge in [0.1, 0.15) is 28.9 Å². The van der Waals surface area contributed by atoms with Gasteiger partial charge in [-0.2, -0.15) is 5.10 Å². The van der Waals surface area contributed by atoms with E-state index < -0.39 is 15.9 Å². The van der Waals surface area contributed by atoms with Crippen molar-refractivity contribution in [3.8, 4) is 5.75 Å². The van der Waals surface area contributed by atoms with Crippen molar-refractivity contribution in [2.24, 2.45) is 7.05 Å². The Morgan fingerprint density at radius 1 is 1.33 bits per heavy atom. The molecule has 0 radical (unpaired) electrons. The van der Waals surface area contributed by atoms with E-state index in [2.05, 4.69) is 20.4 Å². The Kier molecular flexibility index (Phi) is 3.38. The summed E-state index contributed by atoms with van der Waals surface area (Å²) in [6.07, 6.45) is 2.62. The molecule has 1 aliphatic rings. The van der Waals surface area contributed by atoms with Crippen molar-refractivity contribution in [3.05, 3.63) is 36.8 Å². The molecule has 24 heavy (non-hydrogen) atoms. The van der Waals surface area contributed by atoms with Crippen molar-refractivity contribution < 1.29 is 13.2 Å². The first kappa shape index (κ1) is 14.9. The largest absolute Gasteiger partial charge is 0.486 e. The smallest absolute Gasteiger partial charge is 0.185 e. The van der Waals surface area contributed by atoms with Crippen molar-refractivity contribution in [1.82, 2.24) is 19.7 Å². The second kappa shape index (κ2) is 5.45. The van der Waals surface area contributed by atoms with E-state index in [1.54, 1.807) is 42.2 Å². The average Bonchev–Trinajstić information content (AvgIpc) is 2.94. The zero-order valence-corrected chi connectivity index (χ0v) is 13.7. The summed E-state index contributed by atoms with van der Waals surface area (Å²) < 4.78 is 32.2. The van der Waals surface area contributed by atoms with Gasteiger partial charge in [0.25, 0.3) is 0 Å². The number of rotatable bonds is 3. The van der Waals surface area contributed by atoms with Crippen molar-refractivity contribution in [2.75, 3.05) is 17.6 Å². The third kappa shape index (κ3) is 2.46. The van der Waals surface area contributed by atoms with E-state index in [1.807, 2.05) is 0 Å². The minimum absolute atomic E-state index is 0.0712. The lowest BCUT2D eigenvalue weighted by Crippen LogP contribution is -2.37. The van der Waals surface area contributed by atoms with Crippen LogP contribution in [0.2, 0.25) is 0 Å². The number of hydrogen-bond acceptors (Lipinski definition) is 7. The molecule has 0 aliphatic carbocycles. The molecule has 1 atom stereocenters. The number of benzene rings is 1. The fourth-order valence-corrected chi connectivity index (χ4v) is 4.33. The van der Waals surface area contributed by atoms with Gasteiger partial charge in [-0.3, -0.25) is 4.68 Å². The van der Waals surface area contributed by atoms with Crippen LogP contribution >= 0.6 is 0 Å². The van der Waals surface area contributed by atoms with Gasteiger partial charge >= 0.3 is 0 Å². The molecule has 124 valence electrons. The average molecular weight is 345 g/mol. The van der Waals surface area contributed by atoms with E-state index >= 15 is 0 Å². The highest BCUT2D eigenvalue weighted by Crippen LogP contribution is 2.30. The summed E-state index contributed by atoms with van der Waals surface area (Å²) in [5.74, 6) is 0.927. The Balaban J connectivity index is 1.57. The summed E-state index contributed by atoms with van der Waals surface area (Å²) in [7, 11) is -1.55. The second-order valence-corrected chi connectivity index (χ2v) is 7.58. The quantitative estimate of drug-likeness (QED) is 0.756. The van der Waals surface area contributed by atoms with Gasteiger partial charge in [-0.05, 0) is 12.1 Å². The lowest BCUT2D eigenvalue weighted by Gasteiger charge is -2.26. The number of sulfone groups is 1. The lowest BCUT2D eigenvalue weighted by molar-refractivity contribution is 0.223. The molecule has 3 aromatic rings. The lowest BCUT2D eigenvalue weighted by atomic mass is 10.3. The number of nitrogens with zero attached hydrogens (tertiary/aromatic N) is 4. The number of nitrogens with one attached hydrogen (secondary N) is 1. The molecule has 4 rings (SSSR count). The molecule has 0 amide bonds. The van der Waals surface area contributed by atoms with Gasteiger partial charge < -0.3 is 10.1 Å². The fourth-order valence-electron chi connectivity index (χ4n) is 2.77. The molecule has 9 heteroatoms. The van der Waals surface area contributed by atoms with Crippen LogP contribution in [0.1, 0.15) is 0 Å². The van der Waals surface area contributed by atoms with Crippen molar-refractivity contribution in [2.45, 2.75) is 11.0 Å². The molecule has 0 saturated carbocycles. The maximum atomic E-state index is 12.4. The highest BCUT2D eigenvalue weighted by molar-refractivity contribution is 7.91. The molecule has 1 aliphatic heterocycles. The first-order valence-corrected chi connectivity index (χ1v) is 9.05. The molecular weight excluding hydrogens is 330 g/mol. The molecular formula is C15H15N5O3S. The van der Waals surface area contributed by atoms with Crippen LogP contribution in [0, 0.1) is 0 Å². The normalized spacial score (nSPS) is 18.8. The van der Waals surface area contributed by atoms with Gasteiger partial charge in [-0.25, -0.2) is 18.4 Å². The zero-order chi connectivity index (χ0) is 16.7. The monoisotopic (exact) mass is 345 g/mol. The molecule has 8 nitrogen and oxygen atoms in total. The van der Waals surface area contributed by atoms with Crippen molar-refractivity contribution in [3.63, 3.8) is 0 Å². The van der Waals surface area contributed by atoms with E-state index in [9.17, 15) is 8.42 Å². The molecule has 0 saturated heterocycles. The first-order valence-electron chi connectivity index (χ1n) is 7.39. The Labute approximate surface area is 138 Å². The van der Waals surface area contributed by atoms with Crippen LogP contribution in [0.3, 0.4) is 0 Å². The van der Waals surface area contributed by atoms with E-state index in [0.717, 1.165) is 5.39 Å². The number of ether oxygens (including phenoxy) is 1. The minimum atomic E-state index is -3.35. The standard InChI is InChI=1S/C15H15N5O3S/c1-20-15-11(7-19-20)14(17-9-18-15)16-6-10-8-24(21,22)13-5-3-2-4-12(13)23-10/h2-5,7,9-10H,6,8H2,1H3,(H,16,17,18). The number of aryl methyl sites for hydroxylation is 1. The van der Waals surface area contributed by atoms with Gasteiger partial charge in [0.15, 0.2) is 15.5 Å². The highest BCUT2D eigenvalue weighted by Gasteiger charge is 2.31.